The number of sulfonamides is 1. The molecule has 0 unspecified atom stereocenters. The number of hydrogen-bond donors (Lipinski definition) is 1. The number of benzene rings is 3. The van der Waals surface area contributed by atoms with Gasteiger partial charge in [-0.1, -0.05) is 41.9 Å². The molecule has 4 rings (SSSR count). The average Bonchev–Trinajstić information content (AvgIpc) is 2.80. The van der Waals surface area contributed by atoms with Gasteiger partial charge in [0.05, 0.1) is 9.92 Å². The van der Waals surface area contributed by atoms with E-state index in [1.807, 2.05) is 24.3 Å². The van der Waals surface area contributed by atoms with Crippen LogP contribution >= 0.6 is 11.6 Å². The molecule has 0 bridgehead atoms. The Balaban J connectivity index is 1.43. The molecule has 10 heteroatoms. The van der Waals surface area contributed by atoms with E-state index in [4.69, 9.17) is 16.3 Å². The van der Waals surface area contributed by atoms with E-state index in [2.05, 4.69) is 5.32 Å². The summed E-state index contributed by atoms with van der Waals surface area (Å²) >= 11 is 6.19. The van der Waals surface area contributed by atoms with Crippen LogP contribution in [0.1, 0.15) is 11.1 Å². The zero-order valence-corrected chi connectivity index (χ0v) is 18.8. The van der Waals surface area contributed by atoms with E-state index in [9.17, 15) is 22.0 Å². The molecular formula is C23H19ClF2N2O4S. The molecule has 0 spiro atoms. The summed E-state index contributed by atoms with van der Waals surface area (Å²) in [6, 6.07) is 14.8. The van der Waals surface area contributed by atoms with Crippen molar-refractivity contribution in [3.05, 3.63) is 88.4 Å². The van der Waals surface area contributed by atoms with Crippen molar-refractivity contribution in [2.24, 2.45) is 0 Å². The topological polar surface area (TPSA) is 75.7 Å². The molecule has 0 aliphatic carbocycles. The first-order valence-electron chi connectivity index (χ1n) is 9.99. The van der Waals surface area contributed by atoms with Crippen molar-refractivity contribution >= 4 is 33.2 Å². The van der Waals surface area contributed by atoms with Crippen LogP contribution in [0, 0.1) is 11.6 Å². The number of ether oxygens (including phenoxy) is 1. The van der Waals surface area contributed by atoms with Crippen LogP contribution in [0.25, 0.3) is 0 Å². The van der Waals surface area contributed by atoms with Crippen LogP contribution in [-0.4, -0.2) is 31.8 Å². The fourth-order valence-electron chi connectivity index (χ4n) is 3.52. The van der Waals surface area contributed by atoms with Gasteiger partial charge in [-0.3, -0.25) is 4.79 Å². The predicted octanol–water partition coefficient (Wildman–Crippen LogP) is 4.38. The van der Waals surface area contributed by atoms with Gasteiger partial charge in [0.2, 0.25) is 10.0 Å². The van der Waals surface area contributed by atoms with Gasteiger partial charge >= 0.3 is 0 Å². The Morgan fingerprint density at radius 2 is 1.73 bits per heavy atom. The highest BCUT2D eigenvalue weighted by atomic mass is 35.5. The predicted molar refractivity (Wildman–Crippen MR) is 120 cm³/mol. The highest BCUT2D eigenvalue weighted by Gasteiger charge is 2.28. The van der Waals surface area contributed by atoms with E-state index in [0.29, 0.717) is 13.0 Å². The minimum Gasteiger partial charge on any atom is -0.482 e. The summed E-state index contributed by atoms with van der Waals surface area (Å²) in [5.74, 6) is -2.59. The second-order valence-electron chi connectivity index (χ2n) is 7.38. The normalized spacial score (nSPS) is 13.9. The van der Waals surface area contributed by atoms with Crippen LogP contribution in [0.3, 0.4) is 0 Å². The van der Waals surface area contributed by atoms with Crippen molar-refractivity contribution in [1.82, 2.24) is 4.31 Å². The molecule has 3 aromatic carbocycles. The number of amides is 1. The Labute approximate surface area is 194 Å². The molecule has 6 nitrogen and oxygen atoms in total. The van der Waals surface area contributed by atoms with Crippen LogP contribution in [0.15, 0.2) is 65.6 Å². The molecule has 0 radical (unpaired) electrons. The lowest BCUT2D eigenvalue weighted by molar-refractivity contribution is -0.118. The van der Waals surface area contributed by atoms with Gasteiger partial charge in [0.15, 0.2) is 6.61 Å². The summed E-state index contributed by atoms with van der Waals surface area (Å²) in [5, 5.41) is 2.08. The van der Waals surface area contributed by atoms with Gasteiger partial charge in [-0.05, 0) is 47.9 Å². The fourth-order valence-corrected chi connectivity index (χ4v) is 5.26. The summed E-state index contributed by atoms with van der Waals surface area (Å²) in [4.78, 5) is 12.0. The minimum atomic E-state index is -3.79. The first kappa shape index (κ1) is 23.2. The number of anilines is 1. The third-order valence-electron chi connectivity index (χ3n) is 5.22. The Morgan fingerprint density at radius 1 is 1.03 bits per heavy atom. The van der Waals surface area contributed by atoms with Crippen LogP contribution in [-0.2, 0) is 27.8 Å². The third-order valence-corrected chi connectivity index (χ3v) is 7.36. The second kappa shape index (κ2) is 9.46. The van der Waals surface area contributed by atoms with E-state index in [-0.39, 0.29) is 22.2 Å². The van der Waals surface area contributed by atoms with Crippen molar-refractivity contribution in [2.75, 3.05) is 18.5 Å². The van der Waals surface area contributed by atoms with Crippen LogP contribution in [0.2, 0.25) is 5.02 Å². The number of nitrogens with zero attached hydrogens (tertiary/aromatic N) is 1. The van der Waals surface area contributed by atoms with Gasteiger partial charge in [0.25, 0.3) is 5.91 Å². The number of rotatable bonds is 6. The molecule has 1 aliphatic rings. The first-order valence-corrected chi connectivity index (χ1v) is 11.8. The summed E-state index contributed by atoms with van der Waals surface area (Å²) in [5.41, 5.74) is 1.50. The maximum absolute atomic E-state index is 13.7. The number of para-hydroxylation sites is 1. The number of fused-ring (bicyclic) bond motifs is 1. The van der Waals surface area contributed by atoms with Crippen LogP contribution in [0.5, 0.6) is 5.75 Å². The van der Waals surface area contributed by atoms with Crippen molar-refractivity contribution in [1.29, 1.82) is 0 Å². The molecular weight excluding hydrogens is 474 g/mol. The molecule has 3 aromatic rings. The summed E-state index contributed by atoms with van der Waals surface area (Å²) < 4.78 is 60.2. The molecule has 0 aromatic heterocycles. The summed E-state index contributed by atoms with van der Waals surface area (Å²) in [7, 11) is -3.79. The molecule has 172 valence electrons. The maximum Gasteiger partial charge on any atom is 0.262 e. The van der Waals surface area contributed by atoms with Crippen molar-refractivity contribution in [2.45, 2.75) is 17.9 Å². The van der Waals surface area contributed by atoms with E-state index in [1.165, 1.54) is 28.6 Å². The standard InChI is InChI=1S/C23H19ClF2N2O4S/c24-18-12-17(33(30,31)28-11-10-15-4-1-2-5-16(15)13-28)8-9-21(18)32-14-22(29)27-23-19(25)6-3-7-20(23)26/h1-9,12H,10-11,13-14H2,(H,27,29). The minimum absolute atomic E-state index is 0.00268. The largest absolute Gasteiger partial charge is 0.482 e. The quantitative estimate of drug-likeness (QED) is 0.554. The molecule has 0 saturated heterocycles. The van der Waals surface area contributed by atoms with Gasteiger partial charge in [-0.15, -0.1) is 0 Å². The van der Waals surface area contributed by atoms with E-state index in [1.54, 1.807) is 0 Å². The lowest BCUT2D eigenvalue weighted by Gasteiger charge is -2.28. The summed E-state index contributed by atoms with van der Waals surface area (Å²) in [6.45, 7) is 0.0334. The molecule has 0 fully saturated rings. The number of carbonyl (C=O) groups excluding carboxylic acids is 1. The summed E-state index contributed by atoms with van der Waals surface area (Å²) in [6.07, 6.45) is 0.613. The lowest BCUT2D eigenvalue weighted by Crippen LogP contribution is -2.35. The van der Waals surface area contributed by atoms with E-state index >= 15 is 0 Å². The number of hydrogen-bond acceptors (Lipinski definition) is 4. The Kier molecular flexibility index (Phi) is 6.64. The third kappa shape index (κ3) is 5.00. The maximum atomic E-state index is 13.7. The Hall–Kier alpha value is -3.01. The van der Waals surface area contributed by atoms with Crippen LogP contribution in [0.4, 0.5) is 14.5 Å². The number of carbonyl (C=O) groups is 1. The van der Waals surface area contributed by atoms with E-state index in [0.717, 1.165) is 23.3 Å². The average molecular weight is 493 g/mol. The highest BCUT2D eigenvalue weighted by Crippen LogP contribution is 2.31. The van der Waals surface area contributed by atoms with Gasteiger partial charge in [0.1, 0.15) is 23.1 Å². The molecule has 1 N–H and O–H groups in total. The van der Waals surface area contributed by atoms with Crippen molar-refractivity contribution < 1.29 is 26.7 Å². The monoisotopic (exact) mass is 492 g/mol. The van der Waals surface area contributed by atoms with E-state index < -0.39 is 39.9 Å². The molecule has 33 heavy (non-hydrogen) atoms. The smallest absolute Gasteiger partial charge is 0.262 e. The lowest BCUT2D eigenvalue weighted by atomic mass is 10.0. The van der Waals surface area contributed by atoms with Gasteiger partial charge in [-0.2, -0.15) is 4.31 Å². The SMILES string of the molecule is O=C(COc1ccc(S(=O)(=O)N2CCc3ccccc3C2)cc1Cl)Nc1c(F)cccc1F. The fraction of sp³-hybridized carbons (Fsp3) is 0.174. The Bertz CT molecular complexity index is 1300. The highest BCUT2D eigenvalue weighted by molar-refractivity contribution is 7.89. The first-order chi connectivity index (χ1) is 15.8. The molecule has 1 amide bonds. The second-order valence-corrected chi connectivity index (χ2v) is 9.73. The molecule has 0 saturated carbocycles. The zero-order valence-electron chi connectivity index (χ0n) is 17.2. The van der Waals surface area contributed by atoms with Gasteiger partial charge < -0.3 is 10.1 Å². The number of nitrogens with one attached hydrogen (secondary N) is 1. The Morgan fingerprint density at radius 3 is 2.42 bits per heavy atom. The van der Waals surface area contributed by atoms with Gasteiger partial charge in [-0.25, -0.2) is 17.2 Å². The van der Waals surface area contributed by atoms with Crippen molar-refractivity contribution in [3.63, 3.8) is 0 Å². The molecule has 1 aliphatic heterocycles. The van der Waals surface area contributed by atoms with Crippen LogP contribution < -0.4 is 10.1 Å². The zero-order chi connectivity index (χ0) is 23.6. The number of halogens is 3. The molecule has 1 heterocycles. The van der Waals surface area contributed by atoms with Gasteiger partial charge in [0, 0.05) is 13.1 Å². The molecule has 0 atom stereocenters. The van der Waals surface area contributed by atoms with Crippen molar-refractivity contribution in [3.8, 4) is 5.75 Å².